The molecular weight excluding hydrogens is 318 g/mol. The number of benzene rings is 1. The zero-order valence-electron chi connectivity index (χ0n) is 15.4. The van der Waals surface area contributed by atoms with E-state index < -0.39 is 6.10 Å². The molecule has 3 aromatic rings. The van der Waals surface area contributed by atoms with E-state index in [9.17, 15) is 5.11 Å². The molecule has 0 saturated carbocycles. The van der Waals surface area contributed by atoms with Gasteiger partial charge in [0.15, 0.2) is 0 Å². The molecule has 0 aliphatic carbocycles. The highest BCUT2D eigenvalue weighted by molar-refractivity contribution is 5.93. The predicted molar refractivity (Wildman–Crippen MR) is 98.0 cm³/mol. The topological polar surface area (TPSA) is 74.5 Å². The number of likely N-dealkylation sites (N-methyl/N-ethyl adjacent to an activating group) is 1. The Morgan fingerprint density at radius 3 is 2.76 bits per heavy atom. The van der Waals surface area contributed by atoms with Gasteiger partial charge in [0.2, 0.25) is 0 Å². The van der Waals surface area contributed by atoms with Gasteiger partial charge in [0, 0.05) is 23.0 Å². The van der Waals surface area contributed by atoms with Gasteiger partial charge in [0.1, 0.15) is 11.5 Å². The summed E-state index contributed by atoms with van der Waals surface area (Å²) in [6.07, 6.45) is 0.110. The lowest BCUT2D eigenvalue weighted by Gasteiger charge is -2.17. The maximum absolute atomic E-state index is 10.9. The van der Waals surface area contributed by atoms with Crippen LogP contribution < -0.4 is 4.74 Å². The number of ether oxygens (including phenoxy) is 1. The Kier molecular flexibility index (Phi) is 4.83. The molecule has 1 unspecified atom stereocenters. The van der Waals surface area contributed by atoms with Crippen LogP contribution in [0.2, 0.25) is 0 Å². The van der Waals surface area contributed by atoms with Crippen LogP contribution in [0.5, 0.6) is 5.75 Å². The molecule has 1 atom stereocenters. The maximum atomic E-state index is 10.9. The summed E-state index contributed by atoms with van der Waals surface area (Å²) in [5.41, 5.74) is 4.49. The van der Waals surface area contributed by atoms with Crippen molar-refractivity contribution in [1.82, 2.24) is 15.0 Å². The van der Waals surface area contributed by atoms with E-state index in [1.54, 1.807) is 7.11 Å². The second-order valence-electron chi connectivity index (χ2n) is 6.52. The normalized spacial score (nSPS) is 12.9. The molecule has 1 aromatic carbocycles. The van der Waals surface area contributed by atoms with Gasteiger partial charge in [0.05, 0.1) is 30.2 Å². The number of rotatable bonds is 6. The number of fused-ring (bicyclic) bond motifs is 1. The highest BCUT2D eigenvalue weighted by Gasteiger charge is 2.25. The van der Waals surface area contributed by atoms with E-state index in [4.69, 9.17) is 9.26 Å². The van der Waals surface area contributed by atoms with Gasteiger partial charge in [-0.3, -0.25) is 0 Å². The van der Waals surface area contributed by atoms with Crippen LogP contribution in [0.4, 0.5) is 0 Å². The Bertz CT molecular complexity index is 880. The fourth-order valence-corrected chi connectivity index (χ4v) is 3.28. The predicted octanol–water partition coefficient (Wildman–Crippen LogP) is 3.30. The van der Waals surface area contributed by atoms with E-state index in [-0.39, 0.29) is 0 Å². The number of hydrogen-bond acceptors (Lipinski definition) is 5. The molecule has 0 aliphatic rings. The van der Waals surface area contributed by atoms with Gasteiger partial charge in [-0.15, -0.1) is 0 Å². The number of hydrogen-bond donors (Lipinski definition) is 2. The zero-order chi connectivity index (χ0) is 18.1. The summed E-state index contributed by atoms with van der Waals surface area (Å²) in [6, 6.07) is 5.84. The second kappa shape index (κ2) is 6.90. The lowest BCUT2D eigenvalue weighted by atomic mass is 9.98. The van der Waals surface area contributed by atoms with E-state index in [0.29, 0.717) is 6.54 Å². The van der Waals surface area contributed by atoms with Gasteiger partial charge in [0.25, 0.3) is 0 Å². The van der Waals surface area contributed by atoms with Crippen molar-refractivity contribution in [3.05, 3.63) is 35.2 Å². The summed E-state index contributed by atoms with van der Waals surface area (Å²) >= 11 is 0. The molecule has 0 radical (unpaired) electrons. The largest absolute Gasteiger partial charge is 0.497 e. The quantitative estimate of drug-likeness (QED) is 0.718. The monoisotopic (exact) mass is 343 g/mol. The first kappa shape index (κ1) is 17.5. The van der Waals surface area contributed by atoms with Crippen LogP contribution in [-0.4, -0.2) is 47.9 Å². The average Bonchev–Trinajstić information content (AvgIpc) is 3.12. The molecule has 0 fully saturated rings. The van der Waals surface area contributed by atoms with Crippen molar-refractivity contribution in [3.63, 3.8) is 0 Å². The first-order valence-corrected chi connectivity index (χ1v) is 8.44. The van der Waals surface area contributed by atoms with Gasteiger partial charge >= 0.3 is 0 Å². The third kappa shape index (κ3) is 3.15. The third-order valence-corrected chi connectivity index (χ3v) is 4.44. The van der Waals surface area contributed by atoms with Crippen LogP contribution in [0.1, 0.15) is 30.0 Å². The van der Waals surface area contributed by atoms with Crippen LogP contribution in [0.15, 0.2) is 22.7 Å². The Balaban J connectivity index is 2.28. The van der Waals surface area contributed by atoms with Gasteiger partial charge < -0.3 is 24.3 Å². The Morgan fingerprint density at radius 2 is 2.12 bits per heavy atom. The molecule has 3 rings (SSSR count). The highest BCUT2D eigenvalue weighted by atomic mass is 16.5. The Labute approximate surface area is 147 Å². The summed E-state index contributed by atoms with van der Waals surface area (Å²) in [7, 11) is 5.53. The zero-order valence-corrected chi connectivity index (χ0v) is 15.4. The third-order valence-electron chi connectivity index (χ3n) is 4.44. The number of nitrogens with zero attached hydrogens (tertiary/aromatic N) is 2. The van der Waals surface area contributed by atoms with Crippen LogP contribution in [0, 0.1) is 6.92 Å². The Morgan fingerprint density at radius 1 is 1.36 bits per heavy atom. The van der Waals surface area contributed by atoms with Crippen molar-refractivity contribution in [2.45, 2.75) is 26.4 Å². The van der Waals surface area contributed by atoms with Gasteiger partial charge in [-0.25, -0.2) is 0 Å². The van der Waals surface area contributed by atoms with Crippen molar-refractivity contribution in [2.24, 2.45) is 0 Å². The molecule has 0 spiro atoms. The molecule has 0 bridgehead atoms. The maximum Gasteiger partial charge on any atom is 0.143 e. The minimum Gasteiger partial charge on any atom is -0.497 e. The summed E-state index contributed by atoms with van der Waals surface area (Å²) < 4.78 is 10.8. The fraction of sp³-hybridized carbons (Fsp3) is 0.421. The number of aromatic amines is 1. The number of methoxy groups -OCH3 is 1. The molecule has 0 saturated heterocycles. The standard InChI is InChI=1S/C19H25N3O3/c1-6-14-17(11(2)25-21-14)19-18(16(23)10-22(3)4)13-9-12(24-5)7-8-15(13)20-19/h7-9,16,20,23H,6,10H2,1-5H3. The van der Waals surface area contributed by atoms with E-state index in [2.05, 4.69) is 10.1 Å². The fourth-order valence-electron chi connectivity index (χ4n) is 3.28. The van der Waals surface area contributed by atoms with Crippen LogP contribution in [0.3, 0.4) is 0 Å². The van der Waals surface area contributed by atoms with Crippen molar-refractivity contribution < 1.29 is 14.4 Å². The Hall–Kier alpha value is -2.31. The van der Waals surface area contributed by atoms with Crippen molar-refractivity contribution >= 4 is 10.9 Å². The molecule has 2 aromatic heterocycles. The lowest BCUT2D eigenvalue weighted by molar-refractivity contribution is 0.140. The number of aliphatic hydroxyl groups excluding tert-OH is 1. The molecule has 2 N–H and O–H groups in total. The smallest absolute Gasteiger partial charge is 0.143 e. The molecule has 0 amide bonds. The first-order valence-electron chi connectivity index (χ1n) is 8.44. The number of aromatic nitrogens is 2. The number of aliphatic hydroxyl groups is 1. The minimum absolute atomic E-state index is 0.517. The molecular formula is C19H25N3O3. The summed E-state index contributed by atoms with van der Waals surface area (Å²) in [4.78, 5) is 5.42. The highest BCUT2D eigenvalue weighted by Crippen LogP contribution is 2.39. The lowest BCUT2D eigenvalue weighted by Crippen LogP contribution is -2.20. The van der Waals surface area contributed by atoms with E-state index >= 15 is 0 Å². The number of aryl methyl sites for hydroxylation is 2. The van der Waals surface area contributed by atoms with Gasteiger partial charge in [-0.1, -0.05) is 12.1 Å². The van der Waals surface area contributed by atoms with E-state index in [1.165, 1.54) is 0 Å². The minimum atomic E-state index is -0.648. The average molecular weight is 343 g/mol. The van der Waals surface area contributed by atoms with Crippen molar-refractivity contribution in [2.75, 3.05) is 27.7 Å². The summed E-state index contributed by atoms with van der Waals surface area (Å²) in [6.45, 7) is 4.46. The van der Waals surface area contributed by atoms with Crippen LogP contribution in [0.25, 0.3) is 22.2 Å². The van der Waals surface area contributed by atoms with Crippen molar-refractivity contribution in [3.8, 4) is 17.0 Å². The molecule has 2 heterocycles. The summed E-state index contributed by atoms with van der Waals surface area (Å²) in [5.74, 6) is 1.50. The molecule has 25 heavy (non-hydrogen) atoms. The van der Waals surface area contributed by atoms with Gasteiger partial charge in [-0.2, -0.15) is 0 Å². The second-order valence-corrected chi connectivity index (χ2v) is 6.52. The molecule has 134 valence electrons. The molecule has 6 heteroatoms. The molecule has 0 aliphatic heterocycles. The van der Waals surface area contributed by atoms with Gasteiger partial charge in [-0.05, 0) is 45.6 Å². The number of H-pyrrole nitrogens is 1. The van der Waals surface area contributed by atoms with E-state index in [0.717, 1.165) is 51.3 Å². The molecule has 6 nitrogen and oxygen atoms in total. The summed E-state index contributed by atoms with van der Waals surface area (Å²) in [5, 5.41) is 16.0. The number of nitrogens with one attached hydrogen (secondary N) is 1. The van der Waals surface area contributed by atoms with E-state index in [1.807, 2.05) is 51.0 Å². The van der Waals surface area contributed by atoms with Crippen molar-refractivity contribution in [1.29, 1.82) is 0 Å². The van der Waals surface area contributed by atoms with Crippen LogP contribution in [-0.2, 0) is 6.42 Å². The first-order chi connectivity index (χ1) is 12.0. The SMILES string of the molecule is CCc1noc(C)c1-c1[nH]c2ccc(OC)cc2c1C(O)CN(C)C. The van der Waals surface area contributed by atoms with Crippen LogP contribution >= 0.6 is 0 Å².